The first-order valence-corrected chi connectivity index (χ1v) is 12.8. The van der Waals surface area contributed by atoms with Crippen molar-refractivity contribution >= 4 is 15.2 Å². The first kappa shape index (κ1) is 46.1. The van der Waals surface area contributed by atoms with Crippen molar-refractivity contribution < 1.29 is 147 Å². The Labute approximate surface area is 289 Å². The van der Waals surface area contributed by atoms with Crippen LogP contribution in [0.3, 0.4) is 0 Å². The van der Waals surface area contributed by atoms with E-state index in [4.69, 9.17) is 0 Å². The molecule has 168 valence electrons. The predicted molar refractivity (Wildman–Crippen MR) is 112 cm³/mol. The monoisotopic (exact) mass is 536 g/mol. The predicted octanol–water partition coefficient (Wildman–Crippen LogP) is -8.31. The summed E-state index contributed by atoms with van der Waals surface area (Å²) in [6, 6.07) is 0. The molecule has 0 aliphatic rings. The van der Waals surface area contributed by atoms with Crippen LogP contribution in [-0.4, -0.2) is 4.90 Å². The smallest absolute Gasteiger partial charge is 0.810 e. The average Bonchev–Trinajstić information content (AvgIpc) is 2.51. The van der Waals surface area contributed by atoms with Crippen molar-refractivity contribution in [3.8, 4) is 0 Å². The van der Waals surface area contributed by atoms with E-state index in [1.165, 1.54) is 12.2 Å². The van der Waals surface area contributed by atoms with Crippen LogP contribution in [0.2, 0.25) is 0 Å². The molecule has 0 aromatic heterocycles. The zero-order valence-corrected chi connectivity index (χ0v) is 32.2. The molecule has 0 rings (SSSR count). The van der Waals surface area contributed by atoms with Crippen molar-refractivity contribution in [3.05, 3.63) is 46.6 Å². The Morgan fingerprint density at radius 2 is 0.879 bits per heavy atom. The first-order valence-electron chi connectivity index (χ1n) is 9.74. The van der Waals surface area contributed by atoms with Crippen LogP contribution in [0.5, 0.6) is 0 Å². The Bertz CT molecular complexity index is 695. The second-order valence-electron chi connectivity index (χ2n) is 8.13. The fourth-order valence-electron chi connectivity index (χ4n) is 2.74. The summed E-state index contributed by atoms with van der Waals surface area (Å²) in [6.45, 7) is 11.3. The molecule has 0 radical (unpaired) electrons. The van der Waals surface area contributed by atoms with Gasteiger partial charge in [-0.15, -0.1) is 0 Å². The molecule has 0 aromatic carbocycles. The third-order valence-electron chi connectivity index (χ3n) is 4.76. The Morgan fingerprint density at radius 1 is 0.606 bits per heavy atom. The molecule has 0 aliphatic carbocycles. The zero-order valence-electron chi connectivity index (χ0n) is 22.4. The van der Waals surface area contributed by atoms with E-state index in [9.17, 15) is 28.7 Å². The molecule has 0 atom stereocenters. The third kappa shape index (κ3) is 19.0. The number of hydrogen-bond donors (Lipinski definition) is 0. The molecule has 0 unspecified atom stereocenters. The Kier molecular flexibility index (Phi) is 30.9. The van der Waals surface area contributed by atoms with Crippen LogP contribution in [0.4, 0.5) is 0 Å². The van der Waals surface area contributed by atoms with Crippen molar-refractivity contribution in [2.75, 3.05) is 0 Å². The largest absolute Gasteiger partial charge is 1.00 e. The summed E-state index contributed by atoms with van der Waals surface area (Å²) in [5.41, 5.74) is 3.73. The van der Waals surface area contributed by atoms with E-state index in [1.807, 2.05) is 39.8 Å². The van der Waals surface area contributed by atoms with Gasteiger partial charge in [0.25, 0.3) is 0 Å². The molecule has 12 heteroatoms. The Hall–Kier alpha value is 3.26. The molecule has 0 aliphatic heterocycles. The molecule has 6 nitrogen and oxygen atoms in total. The van der Waals surface area contributed by atoms with Crippen molar-refractivity contribution in [1.82, 2.24) is 0 Å². The maximum Gasteiger partial charge on any atom is 1.00 e. The van der Waals surface area contributed by atoms with Gasteiger partial charge in [-0.2, -0.15) is 0 Å². The molecular formula is C21H34Na4O6P2. The van der Waals surface area contributed by atoms with Crippen LogP contribution in [0.1, 0.15) is 80.1 Å². The van der Waals surface area contributed by atoms with Gasteiger partial charge in [-0.1, -0.05) is 61.8 Å². The van der Waals surface area contributed by atoms with Gasteiger partial charge in [0.15, 0.2) is 0 Å². The van der Waals surface area contributed by atoms with Crippen molar-refractivity contribution in [2.24, 2.45) is 0 Å². The summed E-state index contributed by atoms with van der Waals surface area (Å²) in [7, 11) is -11.5. The maximum absolute atomic E-state index is 12.0. The van der Waals surface area contributed by atoms with E-state index in [2.05, 4.69) is 0 Å². The molecule has 0 fully saturated rings. The van der Waals surface area contributed by atoms with E-state index in [1.54, 1.807) is 13.8 Å². The molecule has 0 heterocycles. The van der Waals surface area contributed by atoms with E-state index >= 15 is 0 Å². The van der Waals surface area contributed by atoms with Gasteiger partial charge in [0.1, 0.15) is 0 Å². The fourth-order valence-corrected chi connectivity index (χ4v) is 5.20. The van der Waals surface area contributed by atoms with Gasteiger partial charge in [0.05, 0.1) is 0 Å². The van der Waals surface area contributed by atoms with E-state index in [0.29, 0.717) is 25.7 Å². The number of hydrogen-bond acceptors (Lipinski definition) is 6. The summed E-state index contributed by atoms with van der Waals surface area (Å²) in [5.74, 6) is 0. The fraction of sp³-hybridized carbons (Fsp3) is 0.619. The minimum Gasteiger partial charge on any atom is -0.810 e. The topological polar surface area (TPSA) is 126 Å². The van der Waals surface area contributed by atoms with Crippen LogP contribution < -0.4 is 138 Å². The minimum atomic E-state index is -5.73. The van der Waals surface area contributed by atoms with Crippen LogP contribution in [-0.2, 0) is 9.13 Å². The van der Waals surface area contributed by atoms with Gasteiger partial charge in [0, 0.05) is 4.90 Å². The summed E-state index contributed by atoms with van der Waals surface area (Å²) in [4.78, 5) is 44.9. The minimum absolute atomic E-state index is 0. The van der Waals surface area contributed by atoms with E-state index in [0.717, 1.165) is 22.3 Å². The van der Waals surface area contributed by atoms with Gasteiger partial charge >= 0.3 is 118 Å². The van der Waals surface area contributed by atoms with Gasteiger partial charge in [-0.3, -0.25) is 0 Å². The Morgan fingerprint density at radius 3 is 1.09 bits per heavy atom. The molecule has 0 saturated carbocycles. The molecule has 0 N–H and O–H groups in total. The standard InChI is InChI=1S/C21H38O6P2.4Na/c1-17(2)9-7-11-19(5)13-15-21(28(22,23)24,29(25,26)27)16-14-20(6)12-8-10-18(3)4;;;;/h9-10,13-14H,7-8,11-12,15-16H2,1-6H3,(H2,22,23,24)(H2,25,26,27);;;;/q;4*+1/p-4/b19-13+,20-14?;;;;. The average molecular weight is 536 g/mol. The van der Waals surface area contributed by atoms with Gasteiger partial charge in [-0.25, -0.2) is 0 Å². The number of allylic oxidation sites excluding steroid dienone is 8. The first-order chi connectivity index (χ1) is 13.1. The second-order valence-corrected chi connectivity index (χ2v) is 12.2. The molecule has 0 saturated heterocycles. The zero-order chi connectivity index (χ0) is 22.9. The van der Waals surface area contributed by atoms with Crippen LogP contribution in [0.15, 0.2) is 46.6 Å². The maximum atomic E-state index is 12.0. The molecule has 0 aromatic rings. The van der Waals surface area contributed by atoms with Gasteiger partial charge < -0.3 is 28.7 Å². The molecule has 0 spiro atoms. The quantitative estimate of drug-likeness (QED) is 0.139. The van der Waals surface area contributed by atoms with Crippen LogP contribution >= 0.6 is 15.2 Å². The van der Waals surface area contributed by atoms with Crippen molar-refractivity contribution in [2.45, 2.75) is 85.0 Å². The Balaban J connectivity index is -0.000000653. The van der Waals surface area contributed by atoms with Crippen LogP contribution in [0, 0.1) is 0 Å². The summed E-state index contributed by atoms with van der Waals surface area (Å²) in [6.07, 6.45) is 8.14. The molecular weight excluding hydrogens is 502 g/mol. The SMILES string of the molecule is CC(C)=CCCC(C)=CCC(C/C=C(\C)CCC=C(C)C)(P(=O)([O-])[O-])P(=O)([O-])[O-].[Na+].[Na+].[Na+].[Na+]. The van der Waals surface area contributed by atoms with Gasteiger partial charge in [0.2, 0.25) is 0 Å². The number of rotatable bonds is 12. The second kappa shape index (κ2) is 22.1. The third-order valence-corrected chi connectivity index (χ3v) is 9.00. The molecule has 0 bridgehead atoms. The summed E-state index contributed by atoms with van der Waals surface area (Å²) >= 11 is 0. The van der Waals surface area contributed by atoms with E-state index < -0.39 is 32.9 Å². The molecule has 33 heavy (non-hydrogen) atoms. The van der Waals surface area contributed by atoms with Crippen molar-refractivity contribution in [3.63, 3.8) is 0 Å². The van der Waals surface area contributed by atoms with E-state index in [-0.39, 0.29) is 118 Å². The van der Waals surface area contributed by atoms with Crippen molar-refractivity contribution in [1.29, 1.82) is 0 Å². The summed E-state index contributed by atoms with van der Waals surface area (Å²) in [5, 5.41) is 0. The summed E-state index contributed by atoms with van der Waals surface area (Å²) < 4.78 is 23.9. The van der Waals surface area contributed by atoms with Gasteiger partial charge in [-0.05, 0) is 80.1 Å². The van der Waals surface area contributed by atoms with Crippen LogP contribution in [0.25, 0.3) is 0 Å². The molecule has 0 amide bonds. The normalized spacial score (nSPS) is 12.3.